The molecule has 0 aliphatic rings. The quantitative estimate of drug-likeness (QED) is 0.383. The SMILES string of the molecule is O=c1nnonn1. The topological polar surface area (TPSA) is 81.8 Å². The minimum absolute atomic E-state index is 0.744. The maximum Gasteiger partial charge on any atom is 0.409 e. The Bertz CT molecular complexity index is 175. The van der Waals surface area contributed by atoms with Gasteiger partial charge < -0.3 is 0 Å². The first-order chi connectivity index (χ1) is 3.39. The molecule has 36 valence electrons. The maximum absolute atomic E-state index is 9.86. The highest BCUT2D eigenvalue weighted by atomic mass is 16.6. The normalized spacial score (nSPS) is 8.57. The molecular weight excluding hydrogens is 100 g/mol. The van der Waals surface area contributed by atoms with E-state index in [4.69, 9.17) is 0 Å². The van der Waals surface area contributed by atoms with E-state index in [1.54, 1.807) is 0 Å². The van der Waals surface area contributed by atoms with E-state index < -0.39 is 5.69 Å². The van der Waals surface area contributed by atoms with Crippen LogP contribution in [0.5, 0.6) is 0 Å². The molecule has 1 aromatic rings. The van der Waals surface area contributed by atoms with Crippen LogP contribution in [0.1, 0.15) is 0 Å². The van der Waals surface area contributed by atoms with Gasteiger partial charge in [-0.2, -0.15) is 0 Å². The molecule has 1 rings (SSSR count). The summed E-state index contributed by atoms with van der Waals surface area (Å²) in [5.41, 5.74) is -0.744. The lowest BCUT2D eigenvalue weighted by atomic mass is 11.3. The van der Waals surface area contributed by atoms with Gasteiger partial charge in [-0.1, -0.05) is 0 Å². The zero-order valence-corrected chi connectivity index (χ0v) is 3.11. The van der Waals surface area contributed by atoms with Crippen LogP contribution in [0.3, 0.4) is 0 Å². The summed E-state index contributed by atoms with van der Waals surface area (Å²) in [5, 5.41) is 11.2. The average Bonchev–Trinajstić information content (AvgIpc) is 1.69. The van der Waals surface area contributed by atoms with Crippen molar-refractivity contribution in [2.24, 2.45) is 0 Å². The summed E-state index contributed by atoms with van der Waals surface area (Å²) in [7, 11) is 0. The van der Waals surface area contributed by atoms with Gasteiger partial charge in [0.25, 0.3) is 0 Å². The summed E-state index contributed by atoms with van der Waals surface area (Å²) in [6.07, 6.45) is 0. The summed E-state index contributed by atoms with van der Waals surface area (Å²) in [6, 6.07) is 0. The van der Waals surface area contributed by atoms with Gasteiger partial charge in [0, 0.05) is 0 Å². The molecular formula is CN4O2. The standard InChI is InChI=1S/CN4O2/c6-1-2-4-7-5-3-1. The second-order valence-corrected chi connectivity index (χ2v) is 0.728. The van der Waals surface area contributed by atoms with E-state index in [9.17, 15) is 4.79 Å². The zero-order valence-electron chi connectivity index (χ0n) is 3.11. The molecule has 0 radical (unpaired) electrons. The fourth-order valence-electron chi connectivity index (χ4n) is 0.143. The van der Waals surface area contributed by atoms with Gasteiger partial charge >= 0.3 is 5.69 Å². The first-order valence-corrected chi connectivity index (χ1v) is 1.42. The molecule has 0 N–H and O–H groups in total. The van der Waals surface area contributed by atoms with Gasteiger partial charge in [0.15, 0.2) is 0 Å². The highest BCUT2D eigenvalue weighted by molar-refractivity contribution is 4.33. The maximum atomic E-state index is 9.86. The van der Waals surface area contributed by atoms with Crippen molar-refractivity contribution in [1.82, 2.24) is 20.7 Å². The summed E-state index contributed by atoms with van der Waals surface area (Å²) in [6.45, 7) is 0. The van der Waals surface area contributed by atoms with E-state index in [1.165, 1.54) is 0 Å². The molecule has 0 spiro atoms. The Morgan fingerprint density at radius 3 is 2.14 bits per heavy atom. The van der Waals surface area contributed by atoms with Crippen LogP contribution in [-0.2, 0) is 0 Å². The van der Waals surface area contributed by atoms with E-state index in [1.807, 2.05) is 0 Å². The third-order valence-electron chi connectivity index (χ3n) is 0.326. The molecule has 6 nitrogen and oxygen atoms in total. The summed E-state index contributed by atoms with van der Waals surface area (Å²) < 4.78 is 3.84. The van der Waals surface area contributed by atoms with E-state index in [0.717, 1.165) is 0 Å². The van der Waals surface area contributed by atoms with E-state index in [0.29, 0.717) is 0 Å². The number of nitrogens with zero attached hydrogens (tertiary/aromatic N) is 4. The smallest absolute Gasteiger partial charge is 0.240 e. The first kappa shape index (κ1) is 3.85. The van der Waals surface area contributed by atoms with Crippen molar-refractivity contribution in [3.05, 3.63) is 10.5 Å². The van der Waals surface area contributed by atoms with Crippen LogP contribution in [-0.4, -0.2) is 20.7 Å². The Morgan fingerprint density at radius 2 is 1.86 bits per heavy atom. The van der Waals surface area contributed by atoms with Crippen LogP contribution in [0.4, 0.5) is 0 Å². The van der Waals surface area contributed by atoms with Crippen molar-refractivity contribution in [3.8, 4) is 0 Å². The largest absolute Gasteiger partial charge is 0.409 e. The first-order valence-electron chi connectivity index (χ1n) is 1.42. The van der Waals surface area contributed by atoms with Crippen molar-refractivity contribution >= 4 is 0 Å². The van der Waals surface area contributed by atoms with Crippen LogP contribution in [0.15, 0.2) is 9.42 Å². The fourth-order valence-corrected chi connectivity index (χ4v) is 0.143. The fraction of sp³-hybridized carbons (Fsp3) is 0. The number of hydrogen-bond acceptors (Lipinski definition) is 6. The van der Waals surface area contributed by atoms with Crippen LogP contribution < -0.4 is 5.69 Å². The molecule has 6 heteroatoms. The Morgan fingerprint density at radius 1 is 1.29 bits per heavy atom. The van der Waals surface area contributed by atoms with Gasteiger partial charge in [0.05, 0.1) is 10.5 Å². The van der Waals surface area contributed by atoms with Crippen molar-refractivity contribution in [2.45, 2.75) is 0 Å². The molecule has 0 aliphatic heterocycles. The zero-order chi connectivity index (χ0) is 5.11. The second-order valence-electron chi connectivity index (χ2n) is 0.728. The number of rotatable bonds is 0. The molecule has 0 unspecified atom stereocenters. The highest BCUT2D eigenvalue weighted by Gasteiger charge is 1.78. The molecule has 7 heavy (non-hydrogen) atoms. The minimum atomic E-state index is -0.744. The Kier molecular flexibility index (Phi) is 0.777. The van der Waals surface area contributed by atoms with Crippen molar-refractivity contribution in [2.75, 3.05) is 0 Å². The van der Waals surface area contributed by atoms with E-state index in [-0.39, 0.29) is 0 Å². The third-order valence-corrected chi connectivity index (χ3v) is 0.326. The lowest BCUT2D eigenvalue weighted by molar-refractivity contribution is 0.216. The van der Waals surface area contributed by atoms with Gasteiger partial charge in [0.1, 0.15) is 0 Å². The van der Waals surface area contributed by atoms with Gasteiger partial charge in [-0.25, -0.2) is 9.42 Å². The summed E-state index contributed by atoms with van der Waals surface area (Å²) in [4.78, 5) is 9.86. The molecule has 0 saturated heterocycles. The van der Waals surface area contributed by atoms with Crippen LogP contribution in [0, 0.1) is 0 Å². The molecule has 0 aromatic carbocycles. The molecule has 1 aromatic heterocycles. The van der Waals surface area contributed by atoms with Gasteiger partial charge in [-0.15, -0.1) is 0 Å². The van der Waals surface area contributed by atoms with Crippen LogP contribution >= 0.6 is 0 Å². The Hall–Kier alpha value is -1.33. The summed E-state index contributed by atoms with van der Waals surface area (Å²) >= 11 is 0. The lowest BCUT2D eigenvalue weighted by Crippen LogP contribution is -2.11. The average molecular weight is 100 g/mol. The monoisotopic (exact) mass is 100 g/mol. The Labute approximate surface area is 37.1 Å². The van der Waals surface area contributed by atoms with Gasteiger partial charge in [0.2, 0.25) is 0 Å². The van der Waals surface area contributed by atoms with Gasteiger partial charge in [-0.05, 0) is 10.2 Å². The minimum Gasteiger partial charge on any atom is -0.240 e. The van der Waals surface area contributed by atoms with Crippen LogP contribution in [0.2, 0.25) is 0 Å². The molecule has 0 aliphatic carbocycles. The molecule has 0 amide bonds. The third kappa shape index (κ3) is 0.748. The molecule has 0 saturated carbocycles. The van der Waals surface area contributed by atoms with Crippen molar-refractivity contribution in [1.29, 1.82) is 0 Å². The van der Waals surface area contributed by atoms with Crippen molar-refractivity contribution < 1.29 is 4.63 Å². The number of aromatic nitrogens is 4. The molecule has 1 heterocycles. The van der Waals surface area contributed by atoms with E-state index in [2.05, 4.69) is 25.4 Å². The number of hydrogen-bond donors (Lipinski definition) is 0. The van der Waals surface area contributed by atoms with Crippen molar-refractivity contribution in [3.63, 3.8) is 0 Å². The van der Waals surface area contributed by atoms with Gasteiger partial charge in [-0.3, -0.25) is 0 Å². The van der Waals surface area contributed by atoms with Crippen LogP contribution in [0.25, 0.3) is 0 Å². The van der Waals surface area contributed by atoms with E-state index >= 15 is 0 Å². The Balaban J connectivity index is 3.28. The predicted molar refractivity (Wildman–Crippen MR) is 16.2 cm³/mol. The molecule has 0 fully saturated rings. The molecule has 0 bridgehead atoms. The predicted octanol–water partition coefficient (Wildman–Crippen LogP) is -1.78. The summed E-state index contributed by atoms with van der Waals surface area (Å²) in [5.74, 6) is 0. The molecule has 0 atom stereocenters. The lowest BCUT2D eigenvalue weighted by Gasteiger charge is -1.66. The second kappa shape index (κ2) is 1.41. The highest BCUT2D eigenvalue weighted by Crippen LogP contribution is 1.41.